The SMILES string of the molecule is CC/C=C\C/C=C\C/C=C\C/C=C\C/C=C\C/C=C\C/C=C\C/C=C\C/C=C\CCCCCC(=O)OCC(COC(=O)CCCCCCC/C=C\C/C=C\CCC)OC(=O)CCCCCCCCCC/C=C\C/C=C\C/C=C\C/C=C\CC. The summed E-state index contributed by atoms with van der Waals surface area (Å²) in [6.45, 7) is 6.30. The summed E-state index contributed by atoms with van der Waals surface area (Å²) in [5.41, 5.74) is 0. The van der Waals surface area contributed by atoms with Crippen LogP contribution in [0.5, 0.6) is 0 Å². The highest BCUT2D eigenvalue weighted by Gasteiger charge is 2.19. The van der Waals surface area contributed by atoms with Crippen LogP contribution >= 0.6 is 0 Å². The number of allylic oxidation sites excluding steroid dienone is 30. The highest BCUT2D eigenvalue weighted by Crippen LogP contribution is 2.14. The molecule has 0 bridgehead atoms. The molecule has 0 amide bonds. The molecular formula is C77H120O6. The quantitative estimate of drug-likeness (QED) is 0.0261. The predicted molar refractivity (Wildman–Crippen MR) is 361 cm³/mol. The van der Waals surface area contributed by atoms with Crippen LogP contribution in [0.4, 0.5) is 0 Å². The van der Waals surface area contributed by atoms with Crippen LogP contribution in [0.25, 0.3) is 0 Å². The summed E-state index contributed by atoms with van der Waals surface area (Å²) in [6.07, 6.45) is 103. The van der Waals surface area contributed by atoms with Gasteiger partial charge in [0.2, 0.25) is 0 Å². The van der Waals surface area contributed by atoms with E-state index in [4.69, 9.17) is 14.2 Å². The fourth-order valence-electron chi connectivity index (χ4n) is 8.46. The number of unbranched alkanes of at least 4 members (excludes halogenated alkanes) is 17. The maximum absolute atomic E-state index is 12.9. The minimum atomic E-state index is -0.814. The van der Waals surface area contributed by atoms with E-state index in [9.17, 15) is 14.4 Å². The summed E-state index contributed by atoms with van der Waals surface area (Å²) in [5, 5.41) is 0. The van der Waals surface area contributed by atoms with Crippen molar-refractivity contribution < 1.29 is 28.6 Å². The number of ether oxygens (including phenoxy) is 3. The van der Waals surface area contributed by atoms with E-state index in [1.54, 1.807) is 0 Å². The van der Waals surface area contributed by atoms with Crippen molar-refractivity contribution >= 4 is 17.9 Å². The standard InChI is InChI=1S/C77H120O6/c1-4-7-10-13-16-19-22-25-27-29-31-33-34-35-36-37-38-39-40-41-42-44-45-47-49-52-55-58-61-64-67-70-76(79)82-73-74(72-81-75(78)69-66-63-60-57-54-51-24-21-18-15-12-9-6-3)83-77(80)71-68-65-62-59-56-53-50-48-46-43-32-30-28-26-23-20-17-14-11-8-5-2/h7-8,10-12,15-17,19-21,24-28,31-33,35-36,38-39,41-43,45,47,52,55,74H,4-6,9,13-14,18,22-23,29-30,34,37,40,44,46,48-51,53-54,56-73H2,1-3H3/b10-7-,11-8-,15-12-,19-16-,20-17-,24-21-,27-25-,28-26-,33-31-,36-35-,39-38-,42-41-,43-32-,47-45-,55-52-. The van der Waals surface area contributed by atoms with Gasteiger partial charge in [-0.15, -0.1) is 0 Å². The lowest BCUT2D eigenvalue weighted by Crippen LogP contribution is -2.30. The van der Waals surface area contributed by atoms with E-state index >= 15 is 0 Å². The predicted octanol–water partition coefficient (Wildman–Crippen LogP) is 23.2. The Morgan fingerprint density at radius 3 is 0.747 bits per heavy atom. The fourth-order valence-corrected chi connectivity index (χ4v) is 8.46. The van der Waals surface area contributed by atoms with Crippen molar-refractivity contribution in [3.05, 3.63) is 182 Å². The second-order valence-electron chi connectivity index (χ2n) is 21.3. The zero-order valence-electron chi connectivity index (χ0n) is 53.1. The zero-order valence-corrected chi connectivity index (χ0v) is 53.1. The molecule has 0 radical (unpaired) electrons. The molecule has 0 N–H and O–H groups in total. The molecule has 6 heteroatoms. The minimum Gasteiger partial charge on any atom is -0.462 e. The molecule has 83 heavy (non-hydrogen) atoms. The molecule has 0 aliphatic rings. The Labute approximate surface area is 510 Å². The Morgan fingerprint density at radius 1 is 0.253 bits per heavy atom. The Bertz CT molecular complexity index is 1940. The Balaban J connectivity index is 4.44. The van der Waals surface area contributed by atoms with Gasteiger partial charge in [0.1, 0.15) is 13.2 Å². The summed E-state index contributed by atoms with van der Waals surface area (Å²) < 4.78 is 16.9. The highest BCUT2D eigenvalue weighted by atomic mass is 16.6. The van der Waals surface area contributed by atoms with Crippen molar-refractivity contribution in [1.82, 2.24) is 0 Å². The summed E-state index contributed by atoms with van der Waals surface area (Å²) in [4.78, 5) is 38.3. The molecule has 0 aromatic rings. The van der Waals surface area contributed by atoms with E-state index < -0.39 is 6.10 Å². The number of esters is 3. The van der Waals surface area contributed by atoms with Crippen LogP contribution in [0.15, 0.2) is 182 Å². The van der Waals surface area contributed by atoms with Crippen LogP contribution in [-0.4, -0.2) is 37.2 Å². The van der Waals surface area contributed by atoms with E-state index in [0.29, 0.717) is 19.3 Å². The fraction of sp³-hybridized carbons (Fsp3) is 0.571. The van der Waals surface area contributed by atoms with Gasteiger partial charge in [0.05, 0.1) is 0 Å². The first-order valence-electron chi connectivity index (χ1n) is 33.3. The topological polar surface area (TPSA) is 78.9 Å². The van der Waals surface area contributed by atoms with Gasteiger partial charge in [0, 0.05) is 19.3 Å². The molecule has 0 rings (SSSR count). The average Bonchev–Trinajstić information content (AvgIpc) is 3.49. The third kappa shape index (κ3) is 67.2. The van der Waals surface area contributed by atoms with Crippen molar-refractivity contribution in [2.45, 2.75) is 271 Å². The lowest BCUT2D eigenvalue weighted by Gasteiger charge is -2.18. The number of hydrogen-bond donors (Lipinski definition) is 0. The lowest BCUT2D eigenvalue weighted by molar-refractivity contribution is -0.167. The van der Waals surface area contributed by atoms with E-state index in [1.165, 1.54) is 38.5 Å². The van der Waals surface area contributed by atoms with Crippen LogP contribution in [-0.2, 0) is 28.6 Å². The molecule has 1 unspecified atom stereocenters. The summed E-state index contributed by atoms with van der Waals surface area (Å²) in [6, 6.07) is 0. The Hall–Kier alpha value is -5.49. The van der Waals surface area contributed by atoms with Crippen LogP contribution in [0, 0.1) is 0 Å². The molecule has 0 heterocycles. The summed E-state index contributed by atoms with van der Waals surface area (Å²) in [7, 11) is 0. The zero-order chi connectivity index (χ0) is 59.9. The molecule has 0 aromatic carbocycles. The van der Waals surface area contributed by atoms with Gasteiger partial charge in [-0.05, 0) is 154 Å². The molecule has 0 aliphatic heterocycles. The number of carbonyl (C=O) groups excluding carboxylic acids is 3. The minimum absolute atomic E-state index is 0.108. The van der Waals surface area contributed by atoms with Crippen molar-refractivity contribution in [3.8, 4) is 0 Å². The Morgan fingerprint density at radius 2 is 0.470 bits per heavy atom. The van der Waals surface area contributed by atoms with E-state index in [2.05, 4.69) is 203 Å². The Kier molecular flexibility index (Phi) is 64.4. The summed E-state index contributed by atoms with van der Waals surface area (Å²) >= 11 is 0. The first-order chi connectivity index (χ1) is 41.0. The van der Waals surface area contributed by atoms with Gasteiger partial charge >= 0.3 is 17.9 Å². The van der Waals surface area contributed by atoms with Gasteiger partial charge < -0.3 is 14.2 Å². The van der Waals surface area contributed by atoms with E-state index in [1.807, 2.05) is 0 Å². The van der Waals surface area contributed by atoms with Crippen molar-refractivity contribution in [2.24, 2.45) is 0 Å². The van der Waals surface area contributed by atoms with Crippen LogP contribution in [0.1, 0.15) is 265 Å². The van der Waals surface area contributed by atoms with Crippen LogP contribution in [0.2, 0.25) is 0 Å². The number of hydrogen-bond acceptors (Lipinski definition) is 6. The molecule has 0 aliphatic carbocycles. The second-order valence-corrected chi connectivity index (χ2v) is 21.3. The molecule has 464 valence electrons. The van der Waals surface area contributed by atoms with Gasteiger partial charge in [0.15, 0.2) is 6.10 Å². The maximum Gasteiger partial charge on any atom is 0.306 e. The third-order valence-electron chi connectivity index (χ3n) is 13.4. The van der Waals surface area contributed by atoms with Crippen molar-refractivity contribution in [3.63, 3.8) is 0 Å². The maximum atomic E-state index is 12.9. The van der Waals surface area contributed by atoms with Gasteiger partial charge in [-0.3, -0.25) is 14.4 Å². The largest absolute Gasteiger partial charge is 0.462 e. The van der Waals surface area contributed by atoms with E-state index in [-0.39, 0.29) is 31.1 Å². The average molecular weight is 1140 g/mol. The smallest absolute Gasteiger partial charge is 0.306 e. The third-order valence-corrected chi connectivity index (χ3v) is 13.4. The van der Waals surface area contributed by atoms with Gasteiger partial charge in [-0.2, -0.15) is 0 Å². The van der Waals surface area contributed by atoms with Crippen molar-refractivity contribution in [1.29, 1.82) is 0 Å². The highest BCUT2D eigenvalue weighted by molar-refractivity contribution is 5.71. The second kappa shape index (κ2) is 69.0. The summed E-state index contributed by atoms with van der Waals surface area (Å²) in [5.74, 6) is -0.968. The van der Waals surface area contributed by atoms with Crippen molar-refractivity contribution in [2.75, 3.05) is 13.2 Å². The number of rotatable bonds is 58. The molecule has 0 saturated heterocycles. The molecule has 0 fully saturated rings. The van der Waals surface area contributed by atoms with Crippen LogP contribution < -0.4 is 0 Å². The number of carbonyl (C=O) groups is 3. The van der Waals surface area contributed by atoms with Gasteiger partial charge in [-0.1, -0.05) is 274 Å². The molecule has 0 aromatic heterocycles. The molecule has 1 atom stereocenters. The molecule has 0 saturated carbocycles. The van der Waals surface area contributed by atoms with Gasteiger partial charge in [-0.25, -0.2) is 0 Å². The first-order valence-corrected chi connectivity index (χ1v) is 33.3. The molecule has 0 spiro atoms. The normalized spacial score (nSPS) is 13.3. The van der Waals surface area contributed by atoms with Gasteiger partial charge in [0.25, 0.3) is 0 Å². The van der Waals surface area contributed by atoms with Crippen LogP contribution in [0.3, 0.4) is 0 Å². The molecular weight excluding hydrogens is 1020 g/mol. The lowest BCUT2D eigenvalue weighted by atomic mass is 10.1. The van der Waals surface area contributed by atoms with E-state index in [0.717, 1.165) is 186 Å². The monoisotopic (exact) mass is 1140 g/mol. The first kappa shape index (κ1) is 77.5. The molecule has 6 nitrogen and oxygen atoms in total.